The van der Waals surface area contributed by atoms with Gasteiger partial charge in [0.2, 0.25) is 0 Å². The van der Waals surface area contributed by atoms with Crippen LogP contribution in [0.5, 0.6) is 11.5 Å². The van der Waals surface area contributed by atoms with Crippen LogP contribution in [0.25, 0.3) is 5.76 Å². The number of aliphatic hydroxyl groups excluding tert-OH is 1. The molecule has 220 valence electrons. The third-order valence-corrected chi connectivity index (χ3v) is 7.65. The van der Waals surface area contributed by atoms with E-state index in [1.165, 1.54) is 11.0 Å². The predicted molar refractivity (Wildman–Crippen MR) is 161 cm³/mol. The number of hydrogen-bond acceptors (Lipinski definition) is 9. The second-order valence-corrected chi connectivity index (χ2v) is 10.6. The highest BCUT2D eigenvalue weighted by atomic mass is 32.1. The van der Waals surface area contributed by atoms with Crippen molar-refractivity contribution >= 4 is 39.9 Å². The summed E-state index contributed by atoms with van der Waals surface area (Å²) >= 11 is 0.942. The van der Waals surface area contributed by atoms with E-state index in [4.69, 9.17) is 14.2 Å². The fourth-order valence-corrected chi connectivity index (χ4v) is 5.37. The summed E-state index contributed by atoms with van der Waals surface area (Å²) in [4.78, 5) is 45.5. The SMILES string of the molecule is C=CCOC(=O)c1sc(N2C(=O)C(=O)C(=C(O)c3ccc(OCCCC)cc3)[C@@H]2c2ccc(OCCC)cc2)nc1C. The molecular weight excluding hydrogens is 556 g/mol. The van der Waals surface area contributed by atoms with E-state index < -0.39 is 23.7 Å². The average molecular weight is 591 g/mol. The largest absolute Gasteiger partial charge is 0.507 e. The third-order valence-electron chi connectivity index (χ3n) is 6.52. The van der Waals surface area contributed by atoms with Crippen molar-refractivity contribution in [1.29, 1.82) is 0 Å². The van der Waals surface area contributed by atoms with Crippen molar-refractivity contribution in [1.82, 2.24) is 4.98 Å². The number of unbranched alkanes of at least 4 members (excludes halogenated alkanes) is 1. The molecular formula is C32H34N2O7S. The Kier molecular flexibility index (Phi) is 10.1. The van der Waals surface area contributed by atoms with Crippen molar-refractivity contribution in [3.63, 3.8) is 0 Å². The molecule has 10 heteroatoms. The summed E-state index contributed by atoms with van der Waals surface area (Å²) in [5, 5.41) is 11.6. The van der Waals surface area contributed by atoms with Gasteiger partial charge in [-0.3, -0.25) is 14.5 Å². The number of aryl methyl sites for hydroxylation is 1. The summed E-state index contributed by atoms with van der Waals surface area (Å²) in [5.41, 5.74) is 1.17. The molecule has 9 nitrogen and oxygen atoms in total. The highest BCUT2D eigenvalue weighted by molar-refractivity contribution is 7.17. The van der Waals surface area contributed by atoms with Gasteiger partial charge in [-0.05, 0) is 61.7 Å². The minimum atomic E-state index is -1.01. The fourth-order valence-electron chi connectivity index (χ4n) is 4.39. The van der Waals surface area contributed by atoms with Crippen molar-refractivity contribution in [3.05, 3.63) is 88.5 Å². The lowest BCUT2D eigenvalue weighted by Crippen LogP contribution is -2.29. The molecule has 2 heterocycles. The number of rotatable bonds is 13. The molecule has 1 atom stereocenters. The number of benzene rings is 2. The van der Waals surface area contributed by atoms with Crippen molar-refractivity contribution in [2.24, 2.45) is 0 Å². The zero-order chi connectivity index (χ0) is 30.2. The Hall–Kier alpha value is -4.44. The first kappa shape index (κ1) is 30.5. The molecule has 2 aromatic carbocycles. The van der Waals surface area contributed by atoms with Crippen molar-refractivity contribution in [2.45, 2.75) is 46.1 Å². The first-order chi connectivity index (χ1) is 20.3. The minimum Gasteiger partial charge on any atom is -0.507 e. The number of anilines is 1. The maximum Gasteiger partial charge on any atom is 0.350 e. The van der Waals surface area contributed by atoms with Crippen molar-refractivity contribution in [3.8, 4) is 11.5 Å². The van der Waals surface area contributed by atoms with E-state index in [1.807, 2.05) is 6.92 Å². The molecule has 0 aliphatic carbocycles. The van der Waals surface area contributed by atoms with E-state index >= 15 is 0 Å². The summed E-state index contributed by atoms with van der Waals surface area (Å²) in [5.74, 6) is -1.40. The topological polar surface area (TPSA) is 115 Å². The van der Waals surface area contributed by atoms with Crippen molar-refractivity contribution in [2.75, 3.05) is 24.7 Å². The van der Waals surface area contributed by atoms with E-state index in [-0.39, 0.29) is 27.9 Å². The molecule has 1 amide bonds. The van der Waals surface area contributed by atoms with Gasteiger partial charge in [0.15, 0.2) is 5.13 Å². The van der Waals surface area contributed by atoms with Crippen LogP contribution < -0.4 is 14.4 Å². The van der Waals surface area contributed by atoms with Crippen LogP contribution in [0.15, 0.2) is 66.8 Å². The summed E-state index contributed by atoms with van der Waals surface area (Å²) < 4.78 is 16.6. The van der Waals surface area contributed by atoms with E-state index in [0.29, 0.717) is 41.5 Å². The fraction of sp³-hybridized carbons (Fsp3) is 0.312. The predicted octanol–water partition coefficient (Wildman–Crippen LogP) is 6.39. The van der Waals surface area contributed by atoms with Crippen LogP contribution in [0.1, 0.15) is 65.6 Å². The number of nitrogens with zero attached hydrogens (tertiary/aromatic N) is 2. The normalized spacial score (nSPS) is 16.0. The second kappa shape index (κ2) is 14.0. The van der Waals surface area contributed by atoms with Gasteiger partial charge in [-0.1, -0.05) is 56.4 Å². The molecule has 0 unspecified atom stereocenters. The number of esters is 1. The Labute approximate surface area is 249 Å². The lowest BCUT2D eigenvalue weighted by molar-refractivity contribution is -0.132. The molecule has 1 aromatic heterocycles. The lowest BCUT2D eigenvalue weighted by atomic mass is 9.95. The zero-order valence-electron chi connectivity index (χ0n) is 23.9. The highest BCUT2D eigenvalue weighted by Gasteiger charge is 2.48. The molecule has 0 spiro atoms. The van der Waals surface area contributed by atoms with Crippen LogP contribution in [0.2, 0.25) is 0 Å². The number of Topliss-reactive ketones (excluding diaryl/α,β-unsaturated/α-hetero) is 1. The van der Waals surface area contributed by atoms with Gasteiger partial charge >= 0.3 is 11.9 Å². The standard InChI is InChI=1S/C32H34N2O7S/c1-5-8-19-40-24-15-11-22(12-16-24)27(35)25-26(21-9-13-23(14-10-21)39-17-6-2)34(30(37)28(25)36)32-33-20(4)29(42-32)31(38)41-18-7-3/h7,9-16,26,35H,3,5-6,8,17-19H2,1-2,4H3/t26-/m0/s1. The first-order valence-electron chi connectivity index (χ1n) is 13.8. The molecule has 0 bridgehead atoms. The number of ketones is 1. The monoisotopic (exact) mass is 590 g/mol. The molecule has 1 saturated heterocycles. The van der Waals surface area contributed by atoms with Gasteiger partial charge in [-0.15, -0.1) is 0 Å². The molecule has 0 saturated carbocycles. The third kappa shape index (κ3) is 6.54. The maximum absolute atomic E-state index is 13.5. The molecule has 3 aromatic rings. The van der Waals surface area contributed by atoms with Crippen LogP contribution in [0.3, 0.4) is 0 Å². The Balaban J connectivity index is 1.78. The molecule has 42 heavy (non-hydrogen) atoms. The van der Waals surface area contributed by atoms with E-state index in [0.717, 1.165) is 30.6 Å². The molecule has 0 radical (unpaired) electrons. The Morgan fingerprint density at radius 1 is 1.02 bits per heavy atom. The van der Waals surface area contributed by atoms with E-state index in [9.17, 15) is 19.5 Å². The van der Waals surface area contributed by atoms with Gasteiger partial charge in [0.1, 0.15) is 28.7 Å². The van der Waals surface area contributed by atoms with Gasteiger partial charge in [-0.25, -0.2) is 9.78 Å². The Bertz CT molecular complexity index is 1480. The second-order valence-electron chi connectivity index (χ2n) is 9.61. The van der Waals surface area contributed by atoms with E-state index in [1.54, 1.807) is 55.5 Å². The molecule has 1 N–H and O–H groups in total. The average Bonchev–Trinajstić information content (AvgIpc) is 3.51. The molecule has 1 fully saturated rings. The van der Waals surface area contributed by atoms with Gasteiger partial charge in [0, 0.05) is 5.56 Å². The van der Waals surface area contributed by atoms with Crippen LogP contribution in [0, 0.1) is 6.92 Å². The number of thiazole rings is 1. The molecule has 4 rings (SSSR count). The van der Waals surface area contributed by atoms with Gasteiger partial charge in [0.05, 0.1) is 30.5 Å². The quantitative estimate of drug-likeness (QED) is 0.0608. The Morgan fingerprint density at radius 2 is 1.67 bits per heavy atom. The van der Waals surface area contributed by atoms with Crippen LogP contribution in [0.4, 0.5) is 5.13 Å². The number of carbonyl (C=O) groups is 3. The zero-order valence-corrected chi connectivity index (χ0v) is 24.7. The van der Waals surface area contributed by atoms with Gasteiger partial charge in [0.25, 0.3) is 5.78 Å². The number of hydrogen-bond donors (Lipinski definition) is 1. The maximum atomic E-state index is 13.5. The van der Waals surface area contributed by atoms with Gasteiger partial charge in [-0.2, -0.15) is 0 Å². The summed E-state index contributed by atoms with van der Waals surface area (Å²) in [6.07, 6.45) is 4.20. The number of aliphatic hydroxyl groups is 1. The summed E-state index contributed by atoms with van der Waals surface area (Å²) in [7, 11) is 0. The number of aromatic nitrogens is 1. The number of ether oxygens (including phenoxy) is 3. The lowest BCUT2D eigenvalue weighted by Gasteiger charge is -2.23. The molecule has 1 aliphatic heterocycles. The number of amides is 1. The highest BCUT2D eigenvalue weighted by Crippen LogP contribution is 2.44. The van der Waals surface area contributed by atoms with Crippen LogP contribution >= 0.6 is 11.3 Å². The summed E-state index contributed by atoms with van der Waals surface area (Å²) in [6, 6.07) is 12.7. The van der Waals surface area contributed by atoms with Crippen molar-refractivity contribution < 1.29 is 33.7 Å². The first-order valence-corrected chi connectivity index (χ1v) is 14.6. The van der Waals surface area contributed by atoms with Gasteiger partial charge < -0.3 is 19.3 Å². The smallest absolute Gasteiger partial charge is 0.350 e. The Morgan fingerprint density at radius 3 is 2.29 bits per heavy atom. The number of carbonyl (C=O) groups excluding carboxylic acids is 3. The minimum absolute atomic E-state index is 0.0188. The molecule has 1 aliphatic rings. The van der Waals surface area contributed by atoms with Crippen LogP contribution in [-0.2, 0) is 14.3 Å². The van der Waals surface area contributed by atoms with E-state index in [2.05, 4.69) is 18.5 Å². The summed E-state index contributed by atoms with van der Waals surface area (Å²) in [6.45, 7) is 10.4. The van der Waals surface area contributed by atoms with Crippen LogP contribution in [-0.4, -0.2) is 47.6 Å².